The predicted molar refractivity (Wildman–Crippen MR) is 203 cm³/mol. The van der Waals surface area contributed by atoms with Gasteiger partial charge in [0.15, 0.2) is 0 Å². The van der Waals surface area contributed by atoms with Gasteiger partial charge in [0.1, 0.15) is 11.5 Å². The fraction of sp³-hybridized carbons (Fsp3) is 0.174. The SMILES string of the molecule is CC(C)(C)c1cccc2[cH-]c(-c3ccc(-c4ccccc4)o3)cc12.CC(C)(C)c1cccc2[cH-]c(-c3ccc(-c4ccccc4)o3)cc12.[Zr+2]. The van der Waals surface area contributed by atoms with Crippen LogP contribution in [0.25, 0.3) is 66.8 Å². The normalized spacial score (nSPS) is 11.7. The molecule has 0 spiro atoms. The zero-order valence-corrected chi connectivity index (χ0v) is 31.6. The maximum absolute atomic E-state index is 6.11. The fourth-order valence-corrected chi connectivity index (χ4v) is 6.56. The van der Waals surface area contributed by atoms with Crippen LogP contribution in [0.3, 0.4) is 0 Å². The molecule has 0 bridgehead atoms. The van der Waals surface area contributed by atoms with Gasteiger partial charge < -0.3 is 8.83 Å². The van der Waals surface area contributed by atoms with Crippen LogP contribution in [0.1, 0.15) is 52.7 Å². The standard InChI is InChI=1S/2C23H21O.Zr/c2*1-23(2,3)20-11-7-10-17-14-18(15-19(17)20)22-13-12-21(24-22)16-8-5-4-6-9-16;/h2*4-15H,1-3H3;/q2*-1;+2. The molecule has 0 aliphatic heterocycles. The van der Waals surface area contributed by atoms with Crippen molar-refractivity contribution < 1.29 is 35.0 Å². The third-order valence-electron chi connectivity index (χ3n) is 9.02. The number of hydrogen-bond acceptors (Lipinski definition) is 2. The van der Waals surface area contributed by atoms with E-state index in [-0.39, 0.29) is 37.0 Å². The summed E-state index contributed by atoms with van der Waals surface area (Å²) in [6.45, 7) is 13.6. The molecule has 8 aromatic rings. The van der Waals surface area contributed by atoms with E-state index in [1.54, 1.807) is 0 Å². The summed E-state index contributed by atoms with van der Waals surface area (Å²) in [5.74, 6) is 3.66. The van der Waals surface area contributed by atoms with Crippen molar-refractivity contribution in [2.45, 2.75) is 52.4 Å². The number of furan rings is 2. The van der Waals surface area contributed by atoms with E-state index in [0.29, 0.717) is 0 Å². The Kier molecular flexibility index (Phi) is 9.70. The van der Waals surface area contributed by atoms with Gasteiger partial charge in [-0.05, 0) is 35.1 Å². The van der Waals surface area contributed by atoms with Gasteiger partial charge in [0, 0.05) is 11.1 Å². The first-order valence-corrected chi connectivity index (χ1v) is 16.8. The maximum Gasteiger partial charge on any atom is 2.00 e. The van der Waals surface area contributed by atoms with Gasteiger partial charge in [0.25, 0.3) is 0 Å². The Balaban J connectivity index is 0.000000167. The third kappa shape index (κ3) is 7.29. The number of rotatable bonds is 4. The number of benzene rings is 4. The Hall–Kier alpha value is -4.46. The van der Waals surface area contributed by atoms with Gasteiger partial charge in [-0.3, -0.25) is 0 Å². The smallest absolute Gasteiger partial charge is 0.491 e. The summed E-state index contributed by atoms with van der Waals surface area (Å²) in [4.78, 5) is 0. The van der Waals surface area contributed by atoms with E-state index in [1.165, 1.54) is 32.7 Å². The molecule has 2 nitrogen and oxygen atoms in total. The van der Waals surface area contributed by atoms with Crippen LogP contribution in [-0.4, -0.2) is 0 Å². The third-order valence-corrected chi connectivity index (χ3v) is 9.02. The Morgan fingerprint density at radius 3 is 1.14 bits per heavy atom. The zero-order valence-electron chi connectivity index (χ0n) is 29.2. The summed E-state index contributed by atoms with van der Waals surface area (Å²) in [5.41, 5.74) is 7.51. The molecule has 0 atom stereocenters. The Bertz CT molecular complexity index is 2130. The van der Waals surface area contributed by atoms with Crippen LogP contribution in [-0.2, 0) is 37.0 Å². The van der Waals surface area contributed by atoms with Crippen LogP contribution in [0.4, 0.5) is 0 Å². The molecule has 8 rings (SSSR count). The first kappa shape index (κ1) is 34.4. The quantitative estimate of drug-likeness (QED) is 0.169. The van der Waals surface area contributed by atoms with Gasteiger partial charge in [0.2, 0.25) is 0 Å². The van der Waals surface area contributed by atoms with Crippen molar-refractivity contribution in [1.29, 1.82) is 0 Å². The molecular formula is C46H42O2Zr. The minimum absolute atomic E-state index is 0. The van der Waals surface area contributed by atoms with Crippen molar-refractivity contribution in [2.24, 2.45) is 0 Å². The van der Waals surface area contributed by atoms with E-state index < -0.39 is 0 Å². The topological polar surface area (TPSA) is 26.3 Å². The van der Waals surface area contributed by atoms with Crippen molar-refractivity contribution in [1.82, 2.24) is 0 Å². The summed E-state index contributed by atoms with van der Waals surface area (Å²) >= 11 is 0. The summed E-state index contributed by atoms with van der Waals surface area (Å²) in [6.07, 6.45) is 0. The van der Waals surface area contributed by atoms with E-state index in [1.807, 2.05) is 48.5 Å². The van der Waals surface area contributed by atoms with Crippen LogP contribution in [0, 0.1) is 0 Å². The van der Waals surface area contributed by atoms with Crippen molar-refractivity contribution in [2.75, 3.05) is 0 Å². The molecule has 0 amide bonds. The number of fused-ring (bicyclic) bond motifs is 2. The predicted octanol–water partition coefficient (Wildman–Crippen LogP) is 13.6. The minimum Gasteiger partial charge on any atom is -0.491 e. The molecule has 0 saturated carbocycles. The second kappa shape index (κ2) is 13.8. The Labute approximate surface area is 309 Å². The molecule has 0 aliphatic carbocycles. The molecular weight excluding hydrogens is 676 g/mol. The van der Waals surface area contributed by atoms with Crippen LogP contribution < -0.4 is 0 Å². The van der Waals surface area contributed by atoms with Crippen LogP contribution >= 0.6 is 0 Å². The van der Waals surface area contributed by atoms with Gasteiger partial charge in [-0.1, -0.05) is 149 Å². The molecule has 0 unspecified atom stereocenters. The summed E-state index contributed by atoms with van der Waals surface area (Å²) < 4.78 is 12.2. The van der Waals surface area contributed by atoms with Crippen LogP contribution in [0.2, 0.25) is 0 Å². The molecule has 3 heteroatoms. The van der Waals surface area contributed by atoms with Crippen molar-refractivity contribution >= 4 is 21.5 Å². The van der Waals surface area contributed by atoms with E-state index in [4.69, 9.17) is 8.83 Å². The average molecular weight is 718 g/mol. The average Bonchev–Trinajstić information content (AvgIpc) is 3.89. The first-order valence-electron chi connectivity index (χ1n) is 16.8. The Morgan fingerprint density at radius 2 is 0.776 bits per heavy atom. The maximum atomic E-state index is 6.11. The molecule has 0 saturated heterocycles. The van der Waals surface area contributed by atoms with Gasteiger partial charge >= 0.3 is 26.2 Å². The van der Waals surface area contributed by atoms with Gasteiger partial charge in [-0.2, -0.15) is 0 Å². The fourth-order valence-electron chi connectivity index (χ4n) is 6.56. The van der Waals surface area contributed by atoms with Crippen molar-refractivity contribution in [3.05, 3.63) is 157 Å². The van der Waals surface area contributed by atoms with E-state index in [2.05, 4.69) is 139 Å². The number of hydrogen-bond donors (Lipinski definition) is 0. The van der Waals surface area contributed by atoms with E-state index in [0.717, 1.165) is 45.3 Å². The summed E-state index contributed by atoms with van der Waals surface area (Å²) in [7, 11) is 0. The van der Waals surface area contributed by atoms with Crippen molar-refractivity contribution in [3.8, 4) is 45.3 Å². The van der Waals surface area contributed by atoms with E-state index in [9.17, 15) is 0 Å². The van der Waals surface area contributed by atoms with Gasteiger partial charge in [-0.15, -0.1) is 57.9 Å². The first-order chi connectivity index (χ1) is 23.0. The second-order valence-corrected chi connectivity index (χ2v) is 14.7. The molecule has 242 valence electrons. The summed E-state index contributed by atoms with van der Waals surface area (Å²) in [5, 5.41) is 5.18. The van der Waals surface area contributed by atoms with Gasteiger partial charge in [0.05, 0.1) is 11.5 Å². The molecule has 2 aromatic heterocycles. The minimum atomic E-state index is 0. The largest absolute Gasteiger partial charge is 2.00 e. The summed E-state index contributed by atoms with van der Waals surface area (Å²) in [6, 6.07) is 50.7. The zero-order chi connectivity index (χ0) is 33.5. The molecule has 0 fully saturated rings. The van der Waals surface area contributed by atoms with Gasteiger partial charge in [-0.25, -0.2) is 0 Å². The van der Waals surface area contributed by atoms with Crippen molar-refractivity contribution in [3.63, 3.8) is 0 Å². The van der Waals surface area contributed by atoms with Crippen LogP contribution in [0.5, 0.6) is 0 Å². The molecule has 0 radical (unpaired) electrons. The monoisotopic (exact) mass is 716 g/mol. The molecule has 6 aromatic carbocycles. The molecule has 2 heterocycles. The Morgan fingerprint density at radius 1 is 0.408 bits per heavy atom. The molecule has 49 heavy (non-hydrogen) atoms. The van der Waals surface area contributed by atoms with E-state index >= 15 is 0 Å². The second-order valence-electron chi connectivity index (χ2n) is 14.7. The van der Waals surface area contributed by atoms with Crippen LogP contribution in [0.15, 0.2) is 154 Å². The molecule has 0 N–H and O–H groups in total. The molecule has 0 aliphatic rings.